The molecule has 0 aliphatic rings. The minimum Gasteiger partial charge on any atom is -0.858 e. The molecule has 10 heteroatoms. The highest BCUT2D eigenvalue weighted by Gasteiger charge is 2.19. The van der Waals surface area contributed by atoms with Gasteiger partial charge in [-0.1, -0.05) is 36.4 Å². The summed E-state index contributed by atoms with van der Waals surface area (Å²) in [6.07, 6.45) is 1.02. The Labute approximate surface area is 181 Å². The number of aliphatic imine (C=N–C) groups is 1. The van der Waals surface area contributed by atoms with E-state index in [1.807, 2.05) is 0 Å². The predicted octanol–water partition coefficient (Wildman–Crippen LogP) is 1.19. The maximum Gasteiger partial charge on any atom is 0.272 e. The lowest BCUT2D eigenvalue weighted by atomic mass is 10.2. The largest absolute Gasteiger partial charge is 0.858 e. The molecule has 0 radical (unpaired) electrons. The predicted molar refractivity (Wildman–Crippen MR) is 111 cm³/mol. The Balaban J connectivity index is 1.93. The van der Waals surface area contributed by atoms with Gasteiger partial charge in [0.05, 0.1) is 18.8 Å². The number of aromatic nitrogens is 1. The fourth-order valence-electron chi connectivity index (χ4n) is 2.78. The van der Waals surface area contributed by atoms with Crippen molar-refractivity contribution in [3.63, 3.8) is 0 Å². The number of H-pyrrole nitrogens is 1. The van der Waals surface area contributed by atoms with Gasteiger partial charge in [-0.3, -0.25) is 14.6 Å². The van der Waals surface area contributed by atoms with Gasteiger partial charge in [-0.05, 0) is 17.5 Å². The summed E-state index contributed by atoms with van der Waals surface area (Å²) in [6.45, 7) is -0.624. The SMILES string of the molecule is NCNC(=O)c1[nH]cc(C([O-])=NCc2ccc(F)cc2F)c(=O)c1OCc1ccccc1. The van der Waals surface area contributed by atoms with Crippen molar-refractivity contribution in [1.29, 1.82) is 0 Å². The molecule has 0 saturated carbocycles. The molecule has 3 rings (SSSR count). The number of carbonyl (C=O) groups is 1. The highest BCUT2D eigenvalue weighted by atomic mass is 19.1. The molecule has 0 unspecified atom stereocenters. The van der Waals surface area contributed by atoms with E-state index in [0.717, 1.165) is 23.9 Å². The number of pyridine rings is 1. The summed E-state index contributed by atoms with van der Waals surface area (Å²) in [5.74, 6) is -3.66. The molecule has 2 aromatic carbocycles. The molecule has 3 aromatic rings. The van der Waals surface area contributed by atoms with E-state index in [1.165, 1.54) is 0 Å². The monoisotopic (exact) mass is 441 g/mol. The highest BCUT2D eigenvalue weighted by molar-refractivity contribution is 5.97. The zero-order valence-electron chi connectivity index (χ0n) is 16.7. The van der Waals surface area contributed by atoms with E-state index >= 15 is 0 Å². The molecular formula is C22H19F2N4O4-. The second-order valence-corrected chi connectivity index (χ2v) is 6.58. The molecule has 0 spiro atoms. The van der Waals surface area contributed by atoms with E-state index in [1.54, 1.807) is 30.3 Å². The van der Waals surface area contributed by atoms with Gasteiger partial charge < -0.3 is 25.9 Å². The fraction of sp³-hybridized carbons (Fsp3) is 0.136. The van der Waals surface area contributed by atoms with E-state index in [9.17, 15) is 23.5 Å². The van der Waals surface area contributed by atoms with Gasteiger partial charge in [0.25, 0.3) is 5.91 Å². The van der Waals surface area contributed by atoms with Crippen LogP contribution < -0.4 is 26.3 Å². The summed E-state index contributed by atoms with van der Waals surface area (Å²) >= 11 is 0. The Bertz CT molecular complexity index is 1200. The normalized spacial score (nSPS) is 11.3. The maximum atomic E-state index is 13.8. The Morgan fingerprint density at radius 3 is 2.62 bits per heavy atom. The number of ether oxygens (including phenoxy) is 1. The first-order chi connectivity index (χ1) is 15.4. The molecule has 0 fully saturated rings. The van der Waals surface area contributed by atoms with Gasteiger partial charge in [-0.25, -0.2) is 8.78 Å². The van der Waals surface area contributed by atoms with E-state index < -0.39 is 41.0 Å². The molecular weight excluding hydrogens is 422 g/mol. The van der Waals surface area contributed by atoms with Crippen LogP contribution in [0.2, 0.25) is 0 Å². The van der Waals surface area contributed by atoms with E-state index in [0.29, 0.717) is 6.07 Å². The molecule has 1 heterocycles. The summed E-state index contributed by atoms with van der Waals surface area (Å²) in [7, 11) is 0. The number of hydrogen-bond acceptors (Lipinski definition) is 6. The molecule has 32 heavy (non-hydrogen) atoms. The Kier molecular flexibility index (Phi) is 7.29. The van der Waals surface area contributed by atoms with E-state index in [2.05, 4.69) is 15.3 Å². The fourth-order valence-corrected chi connectivity index (χ4v) is 2.78. The van der Waals surface area contributed by atoms with Gasteiger partial charge in [0.15, 0.2) is 11.4 Å². The standard InChI is InChI=1S/C22H20F2N4O4/c23-15-7-6-14(17(24)8-15)9-27-21(30)16-10-26-18(22(31)28-12-25)20(19(16)29)32-11-13-4-2-1-3-5-13/h1-8,10H,9,11-12,25H2,(H,26,29)(H,27,30)(H,28,31)/p-1. The third-order valence-electron chi connectivity index (χ3n) is 4.39. The van der Waals surface area contributed by atoms with Crippen LogP contribution in [-0.4, -0.2) is 23.5 Å². The highest BCUT2D eigenvalue weighted by Crippen LogP contribution is 2.15. The number of rotatable bonds is 8. The zero-order valence-corrected chi connectivity index (χ0v) is 16.7. The number of nitrogens with two attached hydrogens (primary N) is 1. The van der Waals surface area contributed by atoms with Crippen LogP contribution in [0.15, 0.2) is 64.5 Å². The molecule has 1 aromatic heterocycles. The van der Waals surface area contributed by atoms with Crippen molar-refractivity contribution >= 4 is 11.8 Å². The van der Waals surface area contributed by atoms with Gasteiger partial charge in [0.1, 0.15) is 18.2 Å². The smallest absolute Gasteiger partial charge is 0.272 e. The molecule has 166 valence electrons. The lowest BCUT2D eigenvalue weighted by Crippen LogP contribution is -2.34. The van der Waals surface area contributed by atoms with Crippen molar-refractivity contribution in [3.8, 4) is 5.75 Å². The van der Waals surface area contributed by atoms with Crippen LogP contribution in [0.25, 0.3) is 0 Å². The quantitative estimate of drug-likeness (QED) is 0.274. The molecule has 1 amide bonds. The van der Waals surface area contributed by atoms with Crippen LogP contribution in [0, 0.1) is 11.6 Å². The van der Waals surface area contributed by atoms with Gasteiger partial charge in [0.2, 0.25) is 5.43 Å². The summed E-state index contributed by atoms with van der Waals surface area (Å²) in [5.41, 5.74) is 4.56. The summed E-state index contributed by atoms with van der Waals surface area (Å²) in [6, 6.07) is 11.7. The van der Waals surface area contributed by atoms with Crippen molar-refractivity contribution in [1.82, 2.24) is 10.3 Å². The molecule has 0 atom stereocenters. The van der Waals surface area contributed by atoms with Crippen LogP contribution in [-0.2, 0) is 13.2 Å². The number of nitrogens with one attached hydrogen (secondary N) is 2. The molecule has 8 nitrogen and oxygen atoms in total. The number of nitrogens with zero attached hydrogens (tertiary/aromatic N) is 1. The topological polar surface area (TPSA) is 133 Å². The first-order valence-corrected chi connectivity index (χ1v) is 9.47. The van der Waals surface area contributed by atoms with Gasteiger partial charge in [-0.15, -0.1) is 0 Å². The van der Waals surface area contributed by atoms with Gasteiger partial charge >= 0.3 is 0 Å². The van der Waals surface area contributed by atoms with Crippen molar-refractivity contribution in [2.75, 3.05) is 6.67 Å². The Morgan fingerprint density at radius 2 is 1.94 bits per heavy atom. The lowest BCUT2D eigenvalue weighted by Gasteiger charge is -2.15. The molecule has 0 saturated heterocycles. The number of carbonyl (C=O) groups excluding carboxylic acids is 1. The minimum absolute atomic E-state index is 0.0179. The number of hydrogen-bond donors (Lipinski definition) is 3. The Hall–Kier alpha value is -4.05. The van der Waals surface area contributed by atoms with Crippen molar-refractivity contribution in [2.24, 2.45) is 10.7 Å². The van der Waals surface area contributed by atoms with Gasteiger partial charge in [-0.2, -0.15) is 0 Å². The lowest BCUT2D eigenvalue weighted by molar-refractivity contribution is -0.213. The third kappa shape index (κ3) is 5.35. The molecule has 0 aliphatic carbocycles. The summed E-state index contributed by atoms with van der Waals surface area (Å²) < 4.78 is 32.4. The molecule has 4 N–H and O–H groups in total. The number of amides is 1. The number of aromatic amines is 1. The van der Waals surface area contributed by atoms with E-state index in [-0.39, 0.29) is 30.3 Å². The van der Waals surface area contributed by atoms with Crippen LogP contribution in [0.3, 0.4) is 0 Å². The average Bonchev–Trinajstić information content (AvgIpc) is 2.78. The van der Waals surface area contributed by atoms with E-state index in [4.69, 9.17) is 10.5 Å². The van der Waals surface area contributed by atoms with Gasteiger partial charge in [0, 0.05) is 17.8 Å². The second-order valence-electron chi connectivity index (χ2n) is 6.58. The van der Waals surface area contributed by atoms with Crippen molar-refractivity contribution in [2.45, 2.75) is 13.2 Å². The van der Waals surface area contributed by atoms with Crippen LogP contribution >= 0.6 is 0 Å². The average molecular weight is 441 g/mol. The minimum atomic E-state index is -0.953. The van der Waals surface area contributed by atoms with Crippen LogP contribution in [0.4, 0.5) is 8.78 Å². The molecule has 0 bridgehead atoms. The second kappa shape index (κ2) is 10.3. The van der Waals surface area contributed by atoms with Crippen LogP contribution in [0.5, 0.6) is 5.75 Å². The summed E-state index contributed by atoms with van der Waals surface area (Å²) in [4.78, 5) is 31.4. The summed E-state index contributed by atoms with van der Waals surface area (Å²) in [5, 5.41) is 14.8. The molecule has 0 aliphatic heterocycles. The number of benzene rings is 2. The van der Waals surface area contributed by atoms with Crippen molar-refractivity contribution < 1.29 is 23.4 Å². The Morgan fingerprint density at radius 1 is 1.19 bits per heavy atom. The van der Waals surface area contributed by atoms with Crippen molar-refractivity contribution in [3.05, 3.63) is 99.0 Å². The number of halogens is 2. The maximum absolute atomic E-state index is 13.8. The first-order valence-electron chi connectivity index (χ1n) is 9.47. The first kappa shape index (κ1) is 22.6. The zero-order chi connectivity index (χ0) is 23.1. The third-order valence-corrected chi connectivity index (χ3v) is 4.39. The van der Waals surface area contributed by atoms with Crippen LogP contribution in [0.1, 0.15) is 27.2 Å².